The Kier molecular flexibility index (Phi) is 4.08. The summed E-state index contributed by atoms with van der Waals surface area (Å²) in [6.45, 7) is 3.98. The molecule has 1 aliphatic rings. The largest absolute Gasteiger partial charge is 0.374 e. The Bertz CT molecular complexity index is 684. The van der Waals surface area contributed by atoms with Gasteiger partial charge in [0.2, 0.25) is 5.91 Å². The number of carbonyl (C=O) groups excluding carboxylic acids is 1. The number of para-hydroxylation sites is 1. The Labute approximate surface area is 135 Å². The van der Waals surface area contributed by atoms with E-state index in [1.165, 1.54) is 5.56 Å². The molecule has 1 amide bonds. The minimum Gasteiger partial charge on any atom is -0.374 e. The Morgan fingerprint density at radius 3 is 2.64 bits per heavy atom. The van der Waals surface area contributed by atoms with Crippen LogP contribution in [0.5, 0.6) is 0 Å². The average Bonchev–Trinajstić information content (AvgIpc) is 2.84. The Hall–Kier alpha value is -2.00. The van der Waals surface area contributed by atoms with E-state index < -0.39 is 0 Å². The average molecular weight is 315 g/mol. The fourth-order valence-electron chi connectivity index (χ4n) is 2.97. The molecular formula is C18H19ClN2O. The first kappa shape index (κ1) is 14.9. The number of fused-ring (bicyclic) bond motifs is 1. The molecule has 0 bridgehead atoms. The first-order valence-electron chi connectivity index (χ1n) is 7.49. The summed E-state index contributed by atoms with van der Waals surface area (Å²) in [6.07, 6.45) is 0.912. The third-order valence-corrected chi connectivity index (χ3v) is 4.29. The van der Waals surface area contributed by atoms with Crippen molar-refractivity contribution in [2.24, 2.45) is 0 Å². The molecule has 22 heavy (non-hydrogen) atoms. The van der Waals surface area contributed by atoms with Crippen LogP contribution in [0.2, 0.25) is 5.02 Å². The van der Waals surface area contributed by atoms with E-state index in [4.69, 9.17) is 11.6 Å². The number of halogens is 1. The second kappa shape index (κ2) is 6.01. The zero-order valence-corrected chi connectivity index (χ0v) is 13.5. The minimum absolute atomic E-state index is 0.0902. The van der Waals surface area contributed by atoms with E-state index in [0.717, 1.165) is 17.8 Å². The molecule has 0 aromatic heterocycles. The molecule has 2 unspecified atom stereocenters. The molecule has 2 aromatic rings. The van der Waals surface area contributed by atoms with Crippen LogP contribution in [-0.4, -0.2) is 18.0 Å². The number of hydrogen-bond donors (Lipinski definition) is 1. The van der Waals surface area contributed by atoms with Crippen molar-refractivity contribution in [2.45, 2.75) is 32.4 Å². The lowest BCUT2D eigenvalue weighted by molar-refractivity contribution is -0.119. The normalized spacial score (nSPS) is 18.0. The van der Waals surface area contributed by atoms with Crippen LogP contribution < -0.4 is 10.2 Å². The van der Waals surface area contributed by atoms with Gasteiger partial charge in [-0.25, -0.2) is 0 Å². The molecule has 1 aliphatic heterocycles. The number of nitrogens with zero attached hydrogens (tertiary/aromatic N) is 1. The predicted molar refractivity (Wildman–Crippen MR) is 91.6 cm³/mol. The highest BCUT2D eigenvalue weighted by atomic mass is 35.5. The molecule has 114 valence electrons. The summed E-state index contributed by atoms with van der Waals surface area (Å²) in [5.41, 5.74) is 3.16. The van der Waals surface area contributed by atoms with E-state index in [1.807, 2.05) is 54.3 Å². The Morgan fingerprint density at radius 2 is 1.91 bits per heavy atom. The van der Waals surface area contributed by atoms with Crippen LogP contribution in [0.4, 0.5) is 11.4 Å². The van der Waals surface area contributed by atoms with Gasteiger partial charge in [-0.3, -0.25) is 4.79 Å². The van der Waals surface area contributed by atoms with Crippen molar-refractivity contribution >= 4 is 28.9 Å². The quantitative estimate of drug-likeness (QED) is 0.924. The molecule has 0 saturated heterocycles. The maximum Gasteiger partial charge on any atom is 0.249 e. The van der Waals surface area contributed by atoms with Crippen LogP contribution in [-0.2, 0) is 11.2 Å². The lowest BCUT2D eigenvalue weighted by Gasteiger charge is -2.27. The van der Waals surface area contributed by atoms with Crippen LogP contribution in [0.15, 0.2) is 48.5 Å². The van der Waals surface area contributed by atoms with Gasteiger partial charge in [0.15, 0.2) is 0 Å². The maximum absolute atomic E-state index is 12.8. The van der Waals surface area contributed by atoms with Crippen LogP contribution >= 0.6 is 11.6 Å². The van der Waals surface area contributed by atoms with E-state index in [1.54, 1.807) is 0 Å². The molecule has 0 saturated carbocycles. The number of nitrogens with one attached hydrogen (secondary N) is 1. The molecule has 3 nitrogen and oxygen atoms in total. The second-order valence-corrected chi connectivity index (χ2v) is 6.20. The summed E-state index contributed by atoms with van der Waals surface area (Å²) < 4.78 is 0. The molecule has 2 aromatic carbocycles. The third kappa shape index (κ3) is 2.81. The van der Waals surface area contributed by atoms with Gasteiger partial charge in [0.1, 0.15) is 6.04 Å². The van der Waals surface area contributed by atoms with Gasteiger partial charge in [0.25, 0.3) is 0 Å². The molecule has 4 heteroatoms. The SMILES string of the molecule is CC(Nc1ccc(Cl)cc1)C(=O)N1c2ccccc2CC1C. The maximum atomic E-state index is 12.8. The molecule has 1 N–H and O–H groups in total. The number of rotatable bonds is 3. The zero-order valence-electron chi connectivity index (χ0n) is 12.7. The fraction of sp³-hybridized carbons (Fsp3) is 0.278. The van der Waals surface area contributed by atoms with Crippen LogP contribution in [0.1, 0.15) is 19.4 Å². The third-order valence-electron chi connectivity index (χ3n) is 4.04. The molecular weight excluding hydrogens is 296 g/mol. The molecule has 3 rings (SSSR count). The van der Waals surface area contributed by atoms with Crippen molar-refractivity contribution in [3.05, 3.63) is 59.1 Å². The van der Waals surface area contributed by atoms with Crippen molar-refractivity contribution in [1.29, 1.82) is 0 Å². The van der Waals surface area contributed by atoms with E-state index >= 15 is 0 Å². The number of anilines is 2. The number of carbonyl (C=O) groups is 1. The summed E-state index contributed by atoms with van der Waals surface area (Å²) in [5, 5.41) is 3.93. The van der Waals surface area contributed by atoms with Gasteiger partial charge in [0.05, 0.1) is 0 Å². The first-order chi connectivity index (χ1) is 10.6. The monoisotopic (exact) mass is 314 g/mol. The smallest absolute Gasteiger partial charge is 0.249 e. The minimum atomic E-state index is -0.296. The van der Waals surface area contributed by atoms with E-state index in [2.05, 4.69) is 18.3 Å². The molecule has 1 heterocycles. The molecule has 0 aliphatic carbocycles. The number of amides is 1. The molecule has 0 fully saturated rings. The van der Waals surface area contributed by atoms with Gasteiger partial charge in [-0.2, -0.15) is 0 Å². The lowest BCUT2D eigenvalue weighted by Crippen LogP contribution is -2.44. The van der Waals surface area contributed by atoms with Crippen molar-refractivity contribution in [3.63, 3.8) is 0 Å². The second-order valence-electron chi connectivity index (χ2n) is 5.76. The van der Waals surface area contributed by atoms with Gasteiger partial charge in [-0.1, -0.05) is 29.8 Å². The zero-order chi connectivity index (χ0) is 15.7. The van der Waals surface area contributed by atoms with Gasteiger partial charge >= 0.3 is 0 Å². The van der Waals surface area contributed by atoms with Crippen LogP contribution in [0.25, 0.3) is 0 Å². The highest BCUT2D eigenvalue weighted by molar-refractivity contribution is 6.30. The molecule has 0 radical (unpaired) electrons. The van der Waals surface area contributed by atoms with Crippen LogP contribution in [0, 0.1) is 0 Å². The van der Waals surface area contributed by atoms with E-state index in [0.29, 0.717) is 5.02 Å². The summed E-state index contributed by atoms with van der Waals surface area (Å²) in [7, 11) is 0. The predicted octanol–water partition coefficient (Wildman–Crippen LogP) is 4.12. The van der Waals surface area contributed by atoms with Gasteiger partial charge < -0.3 is 10.2 Å². The summed E-state index contributed by atoms with van der Waals surface area (Å²) in [6, 6.07) is 15.4. The topological polar surface area (TPSA) is 32.3 Å². The fourth-order valence-corrected chi connectivity index (χ4v) is 3.09. The molecule has 2 atom stereocenters. The summed E-state index contributed by atoms with van der Waals surface area (Å²) >= 11 is 5.89. The highest BCUT2D eigenvalue weighted by Gasteiger charge is 2.32. The van der Waals surface area contributed by atoms with E-state index in [9.17, 15) is 4.79 Å². The van der Waals surface area contributed by atoms with Crippen LogP contribution in [0.3, 0.4) is 0 Å². The van der Waals surface area contributed by atoms with E-state index in [-0.39, 0.29) is 18.0 Å². The Balaban J connectivity index is 1.77. The highest BCUT2D eigenvalue weighted by Crippen LogP contribution is 2.32. The summed E-state index contributed by atoms with van der Waals surface area (Å²) in [5.74, 6) is 0.0902. The van der Waals surface area contributed by atoms with Gasteiger partial charge in [-0.15, -0.1) is 0 Å². The summed E-state index contributed by atoms with van der Waals surface area (Å²) in [4.78, 5) is 14.7. The van der Waals surface area contributed by atoms with Crippen molar-refractivity contribution in [1.82, 2.24) is 0 Å². The molecule has 0 spiro atoms. The standard InChI is InChI=1S/C18H19ClN2O/c1-12-11-14-5-3-4-6-17(14)21(12)18(22)13(2)20-16-9-7-15(19)8-10-16/h3-10,12-13,20H,11H2,1-2H3. The van der Waals surface area contributed by atoms with Crippen molar-refractivity contribution < 1.29 is 4.79 Å². The van der Waals surface area contributed by atoms with Gasteiger partial charge in [-0.05, 0) is 56.2 Å². The first-order valence-corrected chi connectivity index (χ1v) is 7.87. The van der Waals surface area contributed by atoms with Crippen molar-refractivity contribution in [3.8, 4) is 0 Å². The Morgan fingerprint density at radius 1 is 1.23 bits per heavy atom. The lowest BCUT2D eigenvalue weighted by atomic mass is 10.1. The number of hydrogen-bond acceptors (Lipinski definition) is 2. The number of benzene rings is 2. The van der Waals surface area contributed by atoms with Crippen molar-refractivity contribution in [2.75, 3.05) is 10.2 Å². The van der Waals surface area contributed by atoms with Gasteiger partial charge in [0, 0.05) is 22.4 Å².